The van der Waals surface area contributed by atoms with Crippen molar-refractivity contribution < 1.29 is 14.8 Å². The van der Waals surface area contributed by atoms with Gasteiger partial charge in [0.25, 0.3) is 5.69 Å². The van der Waals surface area contributed by atoms with Gasteiger partial charge in [0.2, 0.25) is 0 Å². The van der Waals surface area contributed by atoms with Crippen LogP contribution in [0, 0.1) is 17.0 Å². The predicted molar refractivity (Wildman–Crippen MR) is 78.6 cm³/mol. The molecular weight excluding hydrogens is 292 g/mol. The molecule has 0 aliphatic rings. The summed E-state index contributed by atoms with van der Waals surface area (Å²) in [5.41, 5.74) is 1.70. The highest BCUT2D eigenvalue weighted by molar-refractivity contribution is 7.98. The van der Waals surface area contributed by atoms with E-state index >= 15 is 0 Å². The SMILES string of the molecule is Cc1c(CSc2cc(C(=O)O)ccn2)cccc1[N+](=O)[O-]. The molecule has 0 amide bonds. The highest BCUT2D eigenvalue weighted by Gasteiger charge is 2.13. The Kier molecular flexibility index (Phi) is 4.54. The molecule has 0 saturated carbocycles. The summed E-state index contributed by atoms with van der Waals surface area (Å²) in [4.78, 5) is 25.5. The molecule has 1 N–H and O–H groups in total. The predicted octanol–water partition coefficient (Wildman–Crippen LogP) is 3.29. The summed E-state index contributed by atoms with van der Waals surface area (Å²) in [7, 11) is 0. The number of carbonyl (C=O) groups is 1. The molecular formula is C14H12N2O4S. The van der Waals surface area contributed by atoms with Crippen LogP contribution in [0.25, 0.3) is 0 Å². The Morgan fingerprint density at radius 2 is 2.19 bits per heavy atom. The van der Waals surface area contributed by atoms with E-state index in [0.29, 0.717) is 16.3 Å². The maximum Gasteiger partial charge on any atom is 0.335 e. The number of carboxylic acid groups (broad SMARTS) is 1. The summed E-state index contributed by atoms with van der Waals surface area (Å²) in [5.74, 6) is -0.519. The number of nitrogens with zero attached hydrogens (tertiary/aromatic N) is 2. The highest BCUT2D eigenvalue weighted by Crippen LogP contribution is 2.27. The van der Waals surface area contributed by atoms with E-state index in [-0.39, 0.29) is 11.3 Å². The Balaban J connectivity index is 2.17. The van der Waals surface area contributed by atoms with Crippen LogP contribution in [0.1, 0.15) is 21.5 Å². The number of hydrogen-bond donors (Lipinski definition) is 1. The zero-order valence-corrected chi connectivity index (χ0v) is 12.0. The van der Waals surface area contributed by atoms with Gasteiger partial charge in [0.1, 0.15) is 0 Å². The number of nitro groups is 1. The molecule has 2 aromatic rings. The van der Waals surface area contributed by atoms with Gasteiger partial charge in [-0.25, -0.2) is 9.78 Å². The molecule has 0 radical (unpaired) electrons. The zero-order chi connectivity index (χ0) is 15.4. The third-order valence-corrected chi connectivity index (χ3v) is 3.95. The fourth-order valence-corrected chi connectivity index (χ4v) is 2.76. The second kappa shape index (κ2) is 6.36. The summed E-state index contributed by atoms with van der Waals surface area (Å²) in [6, 6.07) is 7.83. The molecule has 6 nitrogen and oxygen atoms in total. The van der Waals surface area contributed by atoms with Crippen molar-refractivity contribution in [3.05, 3.63) is 63.3 Å². The minimum absolute atomic E-state index is 0.0837. The molecule has 0 atom stereocenters. The van der Waals surface area contributed by atoms with Crippen LogP contribution in [-0.2, 0) is 5.75 Å². The number of hydrogen-bond acceptors (Lipinski definition) is 5. The Morgan fingerprint density at radius 3 is 2.86 bits per heavy atom. The number of carboxylic acids is 1. The molecule has 0 aliphatic heterocycles. The van der Waals surface area contributed by atoms with Crippen molar-refractivity contribution in [3.8, 4) is 0 Å². The summed E-state index contributed by atoms with van der Waals surface area (Å²) >= 11 is 1.34. The summed E-state index contributed by atoms with van der Waals surface area (Å²) < 4.78 is 0. The third kappa shape index (κ3) is 3.57. The first-order valence-corrected chi connectivity index (χ1v) is 7.02. The second-order valence-electron chi connectivity index (χ2n) is 4.29. The van der Waals surface area contributed by atoms with Crippen molar-refractivity contribution >= 4 is 23.4 Å². The topological polar surface area (TPSA) is 93.3 Å². The lowest BCUT2D eigenvalue weighted by molar-refractivity contribution is -0.385. The van der Waals surface area contributed by atoms with E-state index in [9.17, 15) is 14.9 Å². The van der Waals surface area contributed by atoms with Crippen molar-refractivity contribution in [2.24, 2.45) is 0 Å². The maximum absolute atomic E-state index is 10.9. The lowest BCUT2D eigenvalue weighted by Gasteiger charge is -2.06. The fourth-order valence-electron chi connectivity index (χ4n) is 1.80. The van der Waals surface area contributed by atoms with E-state index in [1.807, 2.05) is 6.07 Å². The largest absolute Gasteiger partial charge is 0.478 e. The van der Waals surface area contributed by atoms with E-state index in [1.165, 1.54) is 36.2 Å². The molecule has 1 aromatic carbocycles. The average molecular weight is 304 g/mol. The van der Waals surface area contributed by atoms with Crippen LogP contribution in [0.2, 0.25) is 0 Å². The minimum Gasteiger partial charge on any atom is -0.478 e. The van der Waals surface area contributed by atoms with Gasteiger partial charge in [-0.2, -0.15) is 0 Å². The van der Waals surface area contributed by atoms with Crippen LogP contribution in [0.3, 0.4) is 0 Å². The summed E-state index contributed by atoms with van der Waals surface area (Å²) in [6.07, 6.45) is 1.44. The molecule has 1 heterocycles. The van der Waals surface area contributed by atoms with Gasteiger partial charge in [-0.15, -0.1) is 11.8 Å². The quantitative estimate of drug-likeness (QED) is 0.517. The third-order valence-electron chi connectivity index (χ3n) is 2.97. The van der Waals surface area contributed by atoms with Crippen molar-refractivity contribution in [1.29, 1.82) is 0 Å². The number of thioether (sulfide) groups is 1. The van der Waals surface area contributed by atoms with Crippen molar-refractivity contribution in [2.75, 3.05) is 0 Å². The Morgan fingerprint density at radius 1 is 1.43 bits per heavy atom. The van der Waals surface area contributed by atoms with Crippen LogP contribution >= 0.6 is 11.8 Å². The number of aromatic nitrogens is 1. The van der Waals surface area contributed by atoms with Gasteiger partial charge in [-0.1, -0.05) is 12.1 Å². The van der Waals surface area contributed by atoms with E-state index in [2.05, 4.69) is 4.98 Å². The first-order valence-electron chi connectivity index (χ1n) is 6.04. The maximum atomic E-state index is 10.9. The van der Waals surface area contributed by atoms with Gasteiger partial charge in [0.05, 0.1) is 15.5 Å². The van der Waals surface area contributed by atoms with Crippen molar-refractivity contribution in [2.45, 2.75) is 17.7 Å². The Hall–Kier alpha value is -2.41. The average Bonchev–Trinajstić information content (AvgIpc) is 2.46. The molecule has 0 aliphatic carbocycles. The normalized spacial score (nSPS) is 10.3. The molecule has 21 heavy (non-hydrogen) atoms. The minimum atomic E-state index is -1.01. The van der Waals surface area contributed by atoms with Gasteiger partial charge in [0.15, 0.2) is 0 Å². The molecule has 1 aromatic heterocycles. The zero-order valence-electron chi connectivity index (χ0n) is 11.1. The summed E-state index contributed by atoms with van der Waals surface area (Å²) in [6.45, 7) is 1.70. The number of pyridine rings is 1. The standard InChI is InChI=1S/C14H12N2O4S/c1-9-11(3-2-4-12(9)16(19)20)8-21-13-7-10(14(17)18)5-6-15-13/h2-7H,8H2,1H3,(H,17,18). The first-order chi connectivity index (χ1) is 9.99. The number of benzene rings is 1. The van der Waals surface area contributed by atoms with E-state index < -0.39 is 10.9 Å². The van der Waals surface area contributed by atoms with Crippen LogP contribution < -0.4 is 0 Å². The van der Waals surface area contributed by atoms with Crippen LogP contribution in [0.15, 0.2) is 41.6 Å². The Bertz CT molecular complexity index is 703. The van der Waals surface area contributed by atoms with Crippen molar-refractivity contribution in [3.63, 3.8) is 0 Å². The number of aromatic carboxylic acids is 1. The smallest absolute Gasteiger partial charge is 0.335 e. The molecule has 0 bridgehead atoms. The van der Waals surface area contributed by atoms with Crippen LogP contribution in [0.4, 0.5) is 5.69 Å². The molecule has 2 rings (SSSR count). The fraction of sp³-hybridized carbons (Fsp3) is 0.143. The van der Waals surface area contributed by atoms with Crippen molar-refractivity contribution in [1.82, 2.24) is 4.98 Å². The van der Waals surface area contributed by atoms with Gasteiger partial charge in [-0.3, -0.25) is 10.1 Å². The van der Waals surface area contributed by atoms with Gasteiger partial charge < -0.3 is 5.11 Å². The highest BCUT2D eigenvalue weighted by atomic mass is 32.2. The van der Waals surface area contributed by atoms with E-state index in [4.69, 9.17) is 5.11 Å². The molecule has 0 saturated heterocycles. The lowest BCUT2D eigenvalue weighted by atomic mass is 10.1. The molecule has 0 spiro atoms. The first kappa shape index (κ1) is 15.0. The molecule has 7 heteroatoms. The van der Waals surface area contributed by atoms with Gasteiger partial charge in [-0.05, 0) is 24.6 Å². The monoisotopic (exact) mass is 304 g/mol. The van der Waals surface area contributed by atoms with E-state index in [0.717, 1.165) is 5.56 Å². The number of rotatable bonds is 5. The van der Waals surface area contributed by atoms with Crippen LogP contribution in [-0.4, -0.2) is 21.0 Å². The van der Waals surface area contributed by atoms with Crippen LogP contribution in [0.5, 0.6) is 0 Å². The summed E-state index contributed by atoms with van der Waals surface area (Å²) in [5, 5.41) is 20.4. The molecule has 0 fully saturated rings. The number of nitro benzene ring substituents is 1. The van der Waals surface area contributed by atoms with E-state index in [1.54, 1.807) is 13.0 Å². The molecule has 108 valence electrons. The Labute approximate surface area is 125 Å². The molecule has 0 unspecified atom stereocenters. The second-order valence-corrected chi connectivity index (χ2v) is 5.29. The van der Waals surface area contributed by atoms with Gasteiger partial charge in [0, 0.05) is 23.6 Å². The lowest BCUT2D eigenvalue weighted by Crippen LogP contribution is -1.97. The van der Waals surface area contributed by atoms with Gasteiger partial charge >= 0.3 is 5.97 Å².